The first-order valence-electron chi connectivity index (χ1n) is 10.6. The van der Waals surface area contributed by atoms with Crippen LogP contribution in [0.2, 0.25) is 0 Å². The topological polar surface area (TPSA) is 93.3 Å². The van der Waals surface area contributed by atoms with Gasteiger partial charge in [0.1, 0.15) is 5.76 Å². The molecular weight excluding hydrogens is 394 g/mol. The van der Waals surface area contributed by atoms with Crippen LogP contribution in [0.15, 0.2) is 59.7 Å². The molecule has 1 saturated heterocycles. The predicted octanol–water partition coefficient (Wildman–Crippen LogP) is 2.48. The number of rotatable bonds is 6. The third kappa shape index (κ3) is 3.85. The van der Waals surface area contributed by atoms with Crippen molar-refractivity contribution in [3.63, 3.8) is 0 Å². The van der Waals surface area contributed by atoms with Crippen molar-refractivity contribution >= 4 is 11.8 Å². The summed E-state index contributed by atoms with van der Waals surface area (Å²) in [5, 5.41) is 3.02. The minimum Gasteiger partial charge on any atom is -0.454 e. The molecule has 1 aliphatic heterocycles. The number of amides is 2. The summed E-state index contributed by atoms with van der Waals surface area (Å²) in [6.45, 7) is 1.95. The Balaban J connectivity index is 1.25. The SMILES string of the molecule is O=C(NCc1ccccn1)C1CN(C(=O)c2ccc(Cn3ccnc3)o2)CC12CCC2. The van der Waals surface area contributed by atoms with Gasteiger partial charge in [-0.3, -0.25) is 14.6 Å². The van der Waals surface area contributed by atoms with E-state index in [1.54, 1.807) is 29.7 Å². The summed E-state index contributed by atoms with van der Waals surface area (Å²) in [6.07, 6.45) is 10.0. The molecule has 31 heavy (non-hydrogen) atoms. The molecule has 160 valence electrons. The summed E-state index contributed by atoms with van der Waals surface area (Å²) in [6, 6.07) is 9.19. The zero-order chi connectivity index (χ0) is 21.3. The Labute approximate surface area is 180 Å². The van der Waals surface area contributed by atoms with Gasteiger partial charge in [0, 0.05) is 37.1 Å². The minimum absolute atomic E-state index is 0.000828. The van der Waals surface area contributed by atoms with Crippen molar-refractivity contribution < 1.29 is 14.0 Å². The summed E-state index contributed by atoms with van der Waals surface area (Å²) in [7, 11) is 0. The quantitative estimate of drug-likeness (QED) is 0.663. The van der Waals surface area contributed by atoms with Crippen molar-refractivity contribution in [2.24, 2.45) is 11.3 Å². The number of furan rings is 1. The van der Waals surface area contributed by atoms with Crippen LogP contribution in [0.5, 0.6) is 0 Å². The van der Waals surface area contributed by atoms with Gasteiger partial charge in [0.25, 0.3) is 5.91 Å². The molecule has 3 aromatic rings. The first-order valence-corrected chi connectivity index (χ1v) is 10.6. The van der Waals surface area contributed by atoms with E-state index in [-0.39, 0.29) is 23.1 Å². The van der Waals surface area contributed by atoms with Crippen LogP contribution in [-0.4, -0.2) is 44.3 Å². The minimum atomic E-state index is -0.200. The number of hydrogen-bond donors (Lipinski definition) is 1. The van der Waals surface area contributed by atoms with E-state index in [4.69, 9.17) is 4.42 Å². The fraction of sp³-hybridized carbons (Fsp3) is 0.391. The van der Waals surface area contributed by atoms with Crippen molar-refractivity contribution in [3.8, 4) is 0 Å². The Kier molecular flexibility index (Phi) is 5.05. The molecule has 1 aliphatic carbocycles. The van der Waals surface area contributed by atoms with E-state index in [1.165, 1.54) is 0 Å². The highest BCUT2D eigenvalue weighted by molar-refractivity contribution is 5.93. The summed E-state index contributed by atoms with van der Waals surface area (Å²) < 4.78 is 7.69. The van der Waals surface area contributed by atoms with Crippen LogP contribution >= 0.6 is 0 Å². The standard InChI is InChI=1S/C23H25N5O3/c29-21(26-12-17-4-1-2-9-25-17)19-14-28(15-23(19)7-3-8-23)22(30)20-6-5-18(31-20)13-27-11-10-24-16-27/h1-2,4-6,9-11,16,19H,3,7-8,12-15H2,(H,26,29). The second kappa shape index (κ2) is 8.02. The number of hydrogen-bond acceptors (Lipinski definition) is 5. The monoisotopic (exact) mass is 419 g/mol. The van der Waals surface area contributed by atoms with E-state index in [0.29, 0.717) is 37.7 Å². The molecule has 8 nitrogen and oxygen atoms in total. The van der Waals surface area contributed by atoms with E-state index in [2.05, 4.69) is 15.3 Å². The fourth-order valence-electron chi connectivity index (χ4n) is 4.72. The molecule has 2 aliphatic rings. The highest BCUT2D eigenvalue weighted by Gasteiger charge is 2.54. The van der Waals surface area contributed by atoms with Crippen molar-refractivity contribution in [1.29, 1.82) is 0 Å². The van der Waals surface area contributed by atoms with Gasteiger partial charge in [-0.05, 0) is 37.1 Å². The summed E-state index contributed by atoms with van der Waals surface area (Å²) in [4.78, 5) is 36.2. The van der Waals surface area contributed by atoms with Gasteiger partial charge in [-0.25, -0.2) is 4.98 Å². The van der Waals surface area contributed by atoms with Gasteiger partial charge < -0.3 is 19.2 Å². The average Bonchev–Trinajstić information content (AvgIpc) is 3.52. The van der Waals surface area contributed by atoms with E-state index < -0.39 is 0 Å². The lowest BCUT2D eigenvalue weighted by molar-refractivity contribution is -0.129. The van der Waals surface area contributed by atoms with Crippen LogP contribution in [0.25, 0.3) is 0 Å². The lowest BCUT2D eigenvalue weighted by atomic mass is 9.62. The van der Waals surface area contributed by atoms with Crippen molar-refractivity contribution in [2.45, 2.75) is 32.4 Å². The van der Waals surface area contributed by atoms with Gasteiger partial charge in [-0.2, -0.15) is 0 Å². The molecule has 1 saturated carbocycles. The lowest BCUT2D eigenvalue weighted by Crippen LogP contribution is -2.45. The van der Waals surface area contributed by atoms with Gasteiger partial charge in [0.15, 0.2) is 5.76 Å². The number of likely N-dealkylation sites (tertiary alicyclic amines) is 1. The predicted molar refractivity (Wildman–Crippen MR) is 112 cm³/mol. The normalized spacial score (nSPS) is 19.4. The maximum atomic E-state index is 13.1. The molecular formula is C23H25N5O3. The molecule has 2 fully saturated rings. The van der Waals surface area contributed by atoms with Crippen molar-refractivity contribution in [1.82, 2.24) is 24.8 Å². The molecule has 5 rings (SSSR count). The Hall–Kier alpha value is -3.42. The van der Waals surface area contributed by atoms with Gasteiger partial charge in [0.2, 0.25) is 5.91 Å². The van der Waals surface area contributed by atoms with E-state index in [0.717, 1.165) is 25.0 Å². The highest BCUT2D eigenvalue weighted by Crippen LogP contribution is 2.52. The Morgan fingerprint density at radius 1 is 1.19 bits per heavy atom. The summed E-state index contributed by atoms with van der Waals surface area (Å²) in [5.74, 6) is 0.668. The Morgan fingerprint density at radius 2 is 2.10 bits per heavy atom. The van der Waals surface area contributed by atoms with Crippen molar-refractivity contribution in [3.05, 3.63) is 72.5 Å². The number of imidazole rings is 1. The van der Waals surface area contributed by atoms with Gasteiger partial charge in [0.05, 0.1) is 31.0 Å². The van der Waals surface area contributed by atoms with Crippen LogP contribution in [0, 0.1) is 11.3 Å². The van der Waals surface area contributed by atoms with Crippen LogP contribution in [0.4, 0.5) is 0 Å². The van der Waals surface area contributed by atoms with E-state index in [1.807, 2.05) is 35.0 Å². The number of nitrogens with zero attached hydrogens (tertiary/aromatic N) is 4. The molecule has 0 bridgehead atoms. The van der Waals surface area contributed by atoms with Crippen LogP contribution < -0.4 is 5.32 Å². The molecule has 1 N–H and O–H groups in total. The first kappa shape index (κ1) is 19.5. The maximum absolute atomic E-state index is 13.1. The van der Waals surface area contributed by atoms with E-state index >= 15 is 0 Å². The van der Waals surface area contributed by atoms with E-state index in [9.17, 15) is 9.59 Å². The lowest BCUT2D eigenvalue weighted by Gasteiger charge is -2.41. The van der Waals surface area contributed by atoms with Gasteiger partial charge in [-0.1, -0.05) is 12.5 Å². The molecule has 1 atom stereocenters. The summed E-state index contributed by atoms with van der Waals surface area (Å²) in [5.41, 5.74) is 0.709. The fourth-order valence-corrected chi connectivity index (χ4v) is 4.72. The molecule has 1 spiro atoms. The number of carbonyl (C=O) groups excluding carboxylic acids is 2. The number of aromatic nitrogens is 3. The van der Waals surface area contributed by atoms with Gasteiger partial charge >= 0.3 is 0 Å². The number of pyridine rings is 1. The molecule has 0 aromatic carbocycles. The summed E-state index contributed by atoms with van der Waals surface area (Å²) >= 11 is 0. The van der Waals surface area contributed by atoms with Crippen molar-refractivity contribution in [2.75, 3.05) is 13.1 Å². The van der Waals surface area contributed by atoms with Crippen LogP contribution in [-0.2, 0) is 17.9 Å². The third-order valence-corrected chi connectivity index (χ3v) is 6.54. The Morgan fingerprint density at radius 3 is 2.81 bits per heavy atom. The zero-order valence-electron chi connectivity index (χ0n) is 17.2. The molecule has 1 unspecified atom stereocenters. The second-order valence-corrected chi connectivity index (χ2v) is 8.49. The molecule has 2 amide bonds. The van der Waals surface area contributed by atoms with Gasteiger partial charge in [-0.15, -0.1) is 0 Å². The van der Waals surface area contributed by atoms with Crippen LogP contribution in [0.3, 0.4) is 0 Å². The largest absolute Gasteiger partial charge is 0.454 e. The highest BCUT2D eigenvalue weighted by atomic mass is 16.4. The molecule has 3 aromatic heterocycles. The Bertz CT molecular complexity index is 1060. The number of nitrogens with one attached hydrogen (secondary N) is 1. The smallest absolute Gasteiger partial charge is 0.289 e. The third-order valence-electron chi connectivity index (χ3n) is 6.54. The second-order valence-electron chi connectivity index (χ2n) is 8.49. The molecule has 0 radical (unpaired) electrons. The maximum Gasteiger partial charge on any atom is 0.289 e. The van der Waals surface area contributed by atoms with Crippen LogP contribution in [0.1, 0.15) is 41.3 Å². The zero-order valence-corrected chi connectivity index (χ0v) is 17.2. The first-order chi connectivity index (χ1) is 15.1. The average molecular weight is 419 g/mol. The molecule has 8 heteroatoms. The number of carbonyl (C=O) groups is 2. The molecule has 4 heterocycles.